The van der Waals surface area contributed by atoms with Gasteiger partial charge in [0.15, 0.2) is 0 Å². The summed E-state index contributed by atoms with van der Waals surface area (Å²) in [6.45, 7) is 9.22. The van der Waals surface area contributed by atoms with Crippen LogP contribution in [0, 0.1) is 6.92 Å². The lowest BCUT2D eigenvalue weighted by Gasteiger charge is -2.25. The van der Waals surface area contributed by atoms with E-state index in [0.717, 1.165) is 24.5 Å². The van der Waals surface area contributed by atoms with E-state index in [1.54, 1.807) is 6.92 Å². The molecule has 0 aliphatic carbocycles. The van der Waals surface area contributed by atoms with Gasteiger partial charge in [0.1, 0.15) is 5.78 Å². The van der Waals surface area contributed by atoms with Gasteiger partial charge >= 0.3 is 0 Å². The first-order valence-electron chi connectivity index (χ1n) is 5.71. The van der Waals surface area contributed by atoms with E-state index in [-0.39, 0.29) is 11.8 Å². The molecule has 0 amide bonds. The van der Waals surface area contributed by atoms with Gasteiger partial charge in [-0.2, -0.15) is 0 Å². The molecule has 1 rings (SSSR count). The fraction of sp³-hybridized carbons (Fsp3) is 0.538. The summed E-state index contributed by atoms with van der Waals surface area (Å²) in [6, 6.07) is 5.95. The van der Waals surface area contributed by atoms with Crippen LogP contribution < -0.4 is 0 Å². The van der Waals surface area contributed by atoms with Crippen molar-refractivity contribution in [3.8, 4) is 0 Å². The number of likely N-dealkylation sites (N-methyl/N-ethyl adjacent to an activating group) is 1. The van der Waals surface area contributed by atoms with Gasteiger partial charge in [0, 0.05) is 12.2 Å². The van der Waals surface area contributed by atoms with Crippen molar-refractivity contribution in [2.24, 2.45) is 0 Å². The van der Waals surface area contributed by atoms with Crippen molar-refractivity contribution in [1.82, 2.24) is 9.88 Å². The number of hydrogen-bond acceptors (Lipinski definition) is 3. The van der Waals surface area contributed by atoms with Crippen LogP contribution in [-0.4, -0.2) is 28.3 Å². The molecule has 1 unspecified atom stereocenters. The Kier molecular flexibility index (Phi) is 4.62. The second-order valence-corrected chi connectivity index (χ2v) is 4.12. The predicted molar refractivity (Wildman–Crippen MR) is 65.2 cm³/mol. The van der Waals surface area contributed by atoms with Gasteiger partial charge in [-0.3, -0.25) is 14.7 Å². The third kappa shape index (κ3) is 3.42. The highest BCUT2D eigenvalue weighted by atomic mass is 16.1. The SMILES string of the molecule is CCN(Cc1cccc(C)n1)C(C)C(C)=O. The number of pyridine rings is 1. The van der Waals surface area contributed by atoms with Crippen LogP contribution in [0.3, 0.4) is 0 Å². The maximum Gasteiger partial charge on any atom is 0.146 e. The van der Waals surface area contributed by atoms with Gasteiger partial charge in [0.05, 0.1) is 11.7 Å². The molecule has 0 aliphatic rings. The first-order valence-corrected chi connectivity index (χ1v) is 5.71. The number of ketones is 1. The number of rotatable bonds is 5. The molecule has 0 radical (unpaired) electrons. The number of carbonyl (C=O) groups is 1. The van der Waals surface area contributed by atoms with Crippen molar-refractivity contribution < 1.29 is 4.79 Å². The number of nitrogens with zero attached hydrogens (tertiary/aromatic N) is 2. The van der Waals surface area contributed by atoms with E-state index in [1.807, 2.05) is 32.0 Å². The zero-order chi connectivity index (χ0) is 12.1. The van der Waals surface area contributed by atoms with Crippen LogP contribution in [0.25, 0.3) is 0 Å². The Balaban J connectivity index is 2.74. The monoisotopic (exact) mass is 220 g/mol. The van der Waals surface area contributed by atoms with Gasteiger partial charge < -0.3 is 0 Å². The Morgan fingerprint density at radius 2 is 2.19 bits per heavy atom. The summed E-state index contributed by atoms with van der Waals surface area (Å²) >= 11 is 0. The summed E-state index contributed by atoms with van der Waals surface area (Å²) in [4.78, 5) is 17.9. The molecule has 0 aliphatic heterocycles. The summed E-state index contributed by atoms with van der Waals surface area (Å²) in [7, 11) is 0. The molecule has 3 heteroatoms. The van der Waals surface area contributed by atoms with E-state index in [4.69, 9.17) is 0 Å². The summed E-state index contributed by atoms with van der Waals surface area (Å²) < 4.78 is 0. The van der Waals surface area contributed by atoms with Crippen molar-refractivity contribution in [2.75, 3.05) is 6.54 Å². The molecule has 0 fully saturated rings. The first kappa shape index (κ1) is 12.8. The molecule has 0 N–H and O–H groups in total. The van der Waals surface area contributed by atoms with Crippen molar-refractivity contribution in [1.29, 1.82) is 0 Å². The molecular formula is C13H20N2O. The number of aryl methyl sites for hydroxylation is 1. The molecule has 0 saturated heterocycles. The molecule has 0 saturated carbocycles. The summed E-state index contributed by atoms with van der Waals surface area (Å²) in [5.74, 6) is 0.203. The fourth-order valence-corrected chi connectivity index (χ4v) is 1.68. The minimum absolute atomic E-state index is 0.0349. The van der Waals surface area contributed by atoms with Gasteiger partial charge in [-0.05, 0) is 39.4 Å². The summed E-state index contributed by atoms with van der Waals surface area (Å²) in [5, 5.41) is 0. The topological polar surface area (TPSA) is 33.2 Å². The van der Waals surface area contributed by atoms with Gasteiger partial charge in [0.25, 0.3) is 0 Å². The molecule has 3 nitrogen and oxygen atoms in total. The molecule has 1 aromatic rings. The third-order valence-corrected chi connectivity index (χ3v) is 2.85. The zero-order valence-electron chi connectivity index (χ0n) is 10.5. The van der Waals surface area contributed by atoms with Gasteiger partial charge in [-0.25, -0.2) is 0 Å². The minimum atomic E-state index is -0.0349. The van der Waals surface area contributed by atoms with Gasteiger partial charge in [-0.15, -0.1) is 0 Å². The van der Waals surface area contributed by atoms with Crippen LogP contribution in [0.15, 0.2) is 18.2 Å². The zero-order valence-corrected chi connectivity index (χ0v) is 10.5. The Bertz CT molecular complexity index is 363. The van der Waals surface area contributed by atoms with Crippen molar-refractivity contribution >= 4 is 5.78 Å². The Morgan fingerprint density at radius 3 is 2.69 bits per heavy atom. The van der Waals surface area contributed by atoms with E-state index in [9.17, 15) is 4.79 Å². The Labute approximate surface area is 97.5 Å². The van der Waals surface area contributed by atoms with E-state index < -0.39 is 0 Å². The first-order chi connectivity index (χ1) is 7.54. The quantitative estimate of drug-likeness (QED) is 0.762. The minimum Gasteiger partial charge on any atom is -0.298 e. The third-order valence-electron chi connectivity index (χ3n) is 2.85. The number of carbonyl (C=O) groups excluding carboxylic acids is 1. The van der Waals surface area contributed by atoms with E-state index in [1.165, 1.54) is 0 Å². The highest BCUT2D eigenvalue weighted by Crippen LogP contribution is 2.07. The molecule has 0 bridgehead atoms. The average molecular weight is 220 g/mol. The lowest BCUT2D eigenvalue weighted by Crippen LogP contribution is -2.37. The van der Waals surface area contributed by atoms with Crippen LogP contribution in [0.1, 0.15) is 32.2 Å². The predicted octanol–water partition coefficient (Wildman–Crippen LogP) is 2.19. The molecule has 0 spiro atoms. The standard InChI is InChI=1S/C13H20N2O/c1-5-15(11(3)12(4)16)9-13-8-6-7-10(2)14-13/h6-8,11H,5,9H2,1-4H3. The summed E-state index contributed by atoms with van der Waals surface area (Å²) in [6.07, 6.45) is 0. The molecule has 1 heterocycles. The smallest absolute Gasteiger partial charge is 0.146 e. The molecule has 88 valence electrons. The molecular weight excluding hydrogens is 200 g/mol. The molecule has 16 heavy (non-hydrogen) atoms. The highest BCUT2D eigenvalue weighted by Gasteiger charge is 2.16. The lowest BCUT2D eigenvalue weighted by atomic mass is 10.2. The van der Waals surface area contributed by atoms with Crippen molar-refractivity contribution in [3.05, 3.63) is 29.6 Å². The second kappa shape index (κ2) is 5.75. The largest absolute Gasteiger partial charge is 0.298 e. The van der Waals surface area contributed by atoms with Gasteiger partial charge in [0.2, 0.25) is 0 Å². The summed E-state index contributed by atoms with van der Waals surface area (Å²) in [5.41, 5.74) is 2.04. The van der Waals surface area contributed by atoms with E-state index >= 15 is 0 Å². The van der Waals surface area contributed by atoms with Crippen LogP contribution in [0.2, 0.25) is 0 Å². The Morgan fingerprint density at radius 1 is 1.50 bits per heavy atom. The fourth-order valence-electron chi connectivity index (χ4n) is 1.68. The molecule has 0 aromatic carbocycles. The van der Waals surface area contributed by atoms with Crippen molar-refractivity contribution in [3.63, 3.8) is 0 Å². The molecule has 1 aromatic heterocycles. The van der Waals surface area contributed by atoms with Crippen LogP contribution in [0.5, 0.6) is 0 Å². The van der Waals surface area contributed by atoms with Crippen LogP contribution in [0.4, 0.5) is 0 Å². The van der Waals surface area contributed by atoms with Crippen molar-refractivity contribution in [2.45, 2.75) is 40.3 Å². The number of Topliss-reactive ketones (excluding diaryl/α,β-unsaturated/α-hetero) is 1. The van der Waals surface area contributed by atoms with E-state index in [2.05, 4.69) is 16.8 Å². The van der Waals surface area contributed by atoms with E-state index in [0.29, 0.717) is 0 Å². The normalized spacial score (nSPS) is 12.8. The number of aromatic nitrogens is 1. The van der Waals surface area contributed by atoms with Crippen LogP contribution in [-0.2, 0) is 11.3 Å². The highest BCUT2D eigenvalue weighted by molar-refractivity contribution is 5.80. The van der Waals surface area contributed by atoms with Crippen LogP contribution >= 0.6 is 0 Å². The molecule has 1 atom stereocenters. The maximum atomic E-state index is 11.3. The second-order valence-electron chi connectivity index (χ2n) is 4.12. The average Bonchev–Trinajstić information content (AvgIpc) is 2.25. The van der Waals surface area contributed by atoms with Gasteiger partial charge in [-0.1, -0.05) is 13.0 Å². The maximum absolute atomic E-state index is 11.3. The Hall–Kier alpha value is -1.22. The number of hydrogen-bond donors (Lipinski definition) is 0. The lowest BCUT2D eigenvalue weighted by molar-refractivity contribution is -0.121.